The molecule has 15 heteroatoms. The molecule has 2 atom stereocenters. The Labute approximate surface area is 205 Å². The molecule has 0 saturated carbocycles. The second-order valence-corrected chi connectivity index (χ2v) is 13.0. The third-order valence-electron chi connectivity index (χ3n) is 6.79. The fourth-order valence-electron chi connectivity index (χ4n) is 4.69. The van der Waals surface area contributed by atoms with Gasteiger partial charge < -0.3 is 9.80 Å². The van der Waals surface area contributed by atoms with Crippen molar-refractivity contribution in [3.8, 4) is 0 Å². The summed E-state index contributed by atoms with van der Waals surface area (Å²) in [4.78, 5) is 4.97. The molecule has 210 valence electrons. The molecule has 3 aliphatic heterocycles. The minimum absolute atomic E-state index is 0.372. The van der Waals surface area contributed by atoms with Crippen LogP contribution >= 0.6 is 0 Å². The highest BCUT2D eigenvalue weighted by Gasteiger charge is 2.70. The second-order valence-electron chi connectivity index (χ2n) is 8.78. The summed E-state index contributed by atoms with van der Waals surface area (Å²) in [6.45, 7) is 11.5. The normalized spacial score (nSPS) is 26.7. The number of sulfonamides is 1. The monoisotopic (exact) mass is 562 g/mol. The number of nitrogens with zero attached hydrogens (tertiary/aromatic N) is 3. The summed E-state index contributed by atoms with van der Waals surface area (Å²) < 4.78 is 120. The van der Waals surface area contributed by atoms with E-state index in [1.807, 2.05) is 0 Å². The van der Waals surface area contributed by atoms with E-state index in [-0.39, 0.29) is 6.42 Å². The summed E-state index contributed by atoms with van der Waals surface area (Å²) >= 11 is 0. The molecule has 3 fully saturated rings. The molecule has 3 saturated heterocycles. The van der Waals surface area contributed by atoms with Crippen molar-refractivity contribution in [3.63, 3.8) is 0 Å². The van der Waals surface area contributed by atoms with Gasteiger partial charge in [-0.05, 0) is 71.9 Å². The Morgan fingerprint density at radius 3 is 1.37 bits per heavy atom. The molecular weight excluding hydrogens is 524 g/mol. The van der Waals surface area contributed by atoms with E-state index in [1.54, 1.807) is 0 Å². The van der Waals surface area contributed by atoms with Gasteiger partial charge in [-0.1, -0.05) is 13.8 Å². The van der Waals surface area contributed by atoms with Crippen LogP contribution in [0.15, 0.2) is 0 Å². The van der Waals surface area contributed by atoms with E-state index in [9.17, 15) is 43.2 Å². The number of likely N-dealkylation sites (tertiary alicyclic amines) is 3. The molecule has 0 spiro atoms. The molecule has 0 aromatic heterocycles. The van der Waals surface area contributed by atoms with E-state index in [0.717, 1.165) is 6.92 Å². The quantitative estimate of drug-likeness (QED) is 0.374. The minimum atomic E-state index is -6.12. The second kappa shape index (κ2) is 12.7. The average molecular weight is 563 g/mol. The smallest absolute Gasteiger partial charge is 0.304 e. The lowest BCUT2D eigenvalue weighted by Gasteiger charge is -2.36. The molecule has 3 aliphatic rings. The molecular formula is C20H38F6N3O4S2+. The Bertz CT molecular complexity index is 837. The van der Waals surface area contributed by atoms with Gasteiger partial charge in [-0.25, -0.2) is 8.42 Å². The zero-order valence-corrected chi connectivity index (χ0v) is 22.2. The lowest BCUT2D eigenvalue weighted by atomic mass is 10.4. The third kappa shape index (κ3) is 7.45. The Hall–Kier alpha value is -0.640. The average Bonchev–Trinajstić information content (AvgIpc) is 3.54. The molecule has 0 aromatic rings. The molecule has 3 heterocycles. The lowest BCUT2D eigenvalue weighted by Crippen LogP contribution is -2.63. The van der Waals surface area contributed by atoms with Gasteiger partial charge in [-0.2, -0.15) is 38.6 Å². The molecule has 3 rings (SSSR count). The third-order valence-corrected chi connectivity index (χ3v) is 11.2. The van der Waals surface area contributed by atoms with Gasteiger partial charge >= 0.3 is 30.9 Å². The number of hydrogen-bond acceptors (Lipinski definition) is 6. The SMILES string of the molecule is CCN1CCCC1.CCN1CCCC1.CC[N+]1(S(=O)(=O)C(F)(F)F)CCCC1S(=O)(=O)C(F)(F)F. The van der Waals surface area contributed by atoms with E-state index in [4.69, 9.17) is 0 Å². The van der Waals surface area contributed by atoms with E-state index in [1.165, 1.54) is 65.0 Å². The van der Waals surface area contributed by atoms with Crippen LogP contribution in [-0.2, 0) is 19.9 Å². The zero-order valence-electron chi connectivity index (χ0n) is 20.5. The molecule has 0 aromatic carbocycles. The van der Waals surface area contributed by atoms with Crippen LogP contribution in [-0.4, -0.2) is 99.3 Å². The lowest BCUT2D eigenvalue weighted by molar-refractivity contribution is -0.805. The first kappa shape index (κ1) is 32.4. The largest absolute Gasteiger partial charge is 0.549 e. The standard InChI is InChI=1S/C8H12F6NO4S2.2C6H13N/c1-2-15(21(18,19)8(12,13)14)5-3-4-6(15)20(16,17)7(9,10)11;2*1-2-7-5-3-4-6-7/h6H,2-5H2,1H3;2*2-6H2,1H3/q+1;;. The Balaban J connectivity index is 0.000000350. The van der Waals surface area contributed by atoms with Crippen LogP contribution in [0.3, 0.4) is 0 Å². The molecule has 0 radical (unpaired) electrons. The maximum absolute atomic E-state index is 12.7. The highest BCUT2D eigenvalue weighted by molar-refractivity contribution is 7.93. The van der Waals surface area contributed by atoms with Crippen molar-refractivity contribution in [2.75, 3.05) is 52.4 Å². The predicted octanol–water partition coefficient (Wildman–Crippen LogP) is 3.93. The summed E-state index contributed by atoms with van der Waals surface area (Å²) in [5, 5.41) is -2.70. The maximum Gasteiger partial charge on any atom is 0.549 e. The van der Waals surface area contributed by atoms with E-state index >= 15 is 0 Å². The molecule has 2 unspecified atom stereocenters. The minimum Gasteiger partial charge on any atom is -0.304 e. The summed E-state index contributed by atoms with van der Waals surface area (Å²) in [6.07, 6.45) is 4.53. The molecule has 0 bridgehead atoms. The fraction of sp³-hybridized carbons (Fsp3) is 1.00. The molecule has 0 N–H and O–H groups in total. The van der Waals surface area contributed by atoms with Gasteiger partial charge in [-0.15, -0.1) is 0 Å². The number of quaternary nitrogens is 1. The first-order valence-electron chi connectivity index (χ1n) is 11.9. The van der Waals surface area contributed by atoms with Crippen LogP contribution in [0.4, 0.5) is 26.3 Å². The van der Waals surface area contributed by atoms with E-state index in [2.05, 4.69) is 23.6 Å². The number of halogens is 6. The first-order chi connectivity index (χ1) is 16.0. The highest BCUT2D eigenvalue weighted by Crippen LogP contribution is 2.44. The summed E-state index contributed by atoms with van der Waals surface area (Å²) in [5.41, 5.74) is -11.7. The predicted molar refractivity (Wildman–Crippen MR) is 121 cm³/mol. The Kier molecular flexibility index (Phi) is 11.8. The van der Waals surface area contributed by atoms with Gasteiger partial charge in [0, 0.05) is 12.8 Å². The van der Waals surface area contributed by atoms with Gasteiger partial charge in [0.2, 0.25) is 5.37 Å². The number of rotatable bonds is 5. The summed E-state index contributed by atoms with van der Waals surface area (Å²) in [5.74, 6) is 0. The molecule has 0 aliphatic carbocycles. The van der Waals surface area contributed by atoms with Crippen molar-refractivity contribution in [1.29, 1.82) is 0 Å². The van der Waals surface area contributed by atoms with Crippen molar-refractivity contribution < 1.29 is 47.1 Å². The van der Waals surface area contributed by atoms with Crippen LogP contribution in [0, 0.1) is 0 Å². The molecule has 0 amide bonds. The van der Waals surface area contributed by atoms with Crippen LogP contribution in [0.5, 0.6) is 0 Å². The van der Waals surface area contributed by atoms with Crippen molar-refractivity contribution in [2.24, 2.45) is 0 Å². The number of sulfone groups is 1. The van der Waals surface area contributed by atoms with Gasteiger partial charge in [0.15, 0.2) is 0 Å². The fourth-order valence-corrected chi connectivity index (χ4v) is 8.45. The van der Waals surface area contributed by atoms with Crippen LogP contribution in [0.2, 0.25) is 0 Å². The summed E-state index contributed by atoms with van der Waals surface area (Å²) in [7, 11) is -12.2. The zero-order chi connectivity index (χ0) is 27.1. The number of hydrogen-bond donors (Lipinski definition) is 0. The van der Waals surface area contributed by atoms with E-state index in [0.29, 0.717) is 0 Å². The van der Waals surface area contributed by atoms with Crippen LogP contribution < -0.4 is 0 Å². The van der Waals surface area contributed by atoms with Gasteiger partial charge in [-0.3, -0.25) is 0 Å². The van der Waals surface area contributed by atoms with Crippen molar-refractivity contribution in [1.82, 2.24) is 9.80 Å². The van der Waals surface area contributed by atoms with Gasteiger partial charge in [0.25, 0.3) is 0 Å². The highest BCUT2D eigenvalue weighted by atomic mass is 32.2. The maximum atomic E-state index is 12.7. The van der Waals surface area contributed by atoms with Gasteiger partial charge in [0.05, 0.1) is 13.1 Å². The summed E-state index contributed by atoms with van der Waals surface area (Å²) in [6, 6.07) is 0. The Morgan fingerprint density at radius 1 is 0.714 bits per heavy atom. The first-order valence-corrected chi connectivity index (χ1v) is 14.9. The Morgan fingerprint density at radius 2 is 1.11 bits per heavy atom. The van der Waals surface area contributed by atoms with Crippen molar-refractivity contribution >= 4 is 19.9 Å². The van der Waals surface area contributed by atoms with Crippen molar-refractivity contribution in [3.05, 3.63) is 0 Å². The molecule has 7 nitrogen and oxygen atoms in total. The van der Waals surface area contributed by atoms with Crippen LogP contribution in [0.25, 0.3) is 0 Å². The van der Waals surface area contributed by atoms with Crippen molar-refractivity contribution in [2.45, 2.75) is 75.7 Å². The van der Waals surface area contributed by atoms with E-state index < -0.39 is 59.6 Å². The van der Waals surface area contributed by atoms with Gasteiger partial charge in [0.1, 0.15) is 0 Å². The topological polar surface area (TPSA) is 74.8 Å². The van der Waals surface area contributed by atoms with Crippen LogP contribution in [0.1, 0.15) is 59.3 Å². The molecule has 35 heavy (non-hydrogen) atoms. The number of alkyl halides is 6.